The Labute approximate surface area is 95.4 Å². The van der Waals surface area contributed by atoms with E-state index >= 15 is 0 Å². The molecule has 0 aliphatic heterocycles. The molecule has 0 heterocycles. The van der Waals surface area contributed by atoms with Crippen molar-refractivity contribution in [3.05, 3.63) is 34.4 Å². The molecule has 0 fully saturated rings. The van der Waals surface area contributed by atoms with E-state index in [1.165, 1.54) is 7.11 Å². The van der Waals surface area contributed by atoms with Crippen LogP contribution in [0.2, 0.25) is 0 Å². The number of aldehydes is 1. The van der Waals surface area contributed by atoms with Gasteiger partial charge in [-0.1, -0.05) is 6.07 Å². The number of esters is 1. The van der Waals surface area contributed by atoms with Crippen LogP contribution in [0.15, 0.2) is 12.1 Å². The summed E-state index contributed by atoms with van der Waals surface area (Å²) in [5.41, 5.74) is 3.56. The van der Waals surface area contributed by atoms with Crippen molar-refractivity contribution in [2.45, 2.75) is 26.7 Å². The summed E-state index contributed by atoms with van der Waals surface area (Å²) in [6, 6.07) is 3.81. The van der Waals surface area contributed by atoms with Crippen LogP contribution in [-0.4, -0.2) is 19.4 Å². The van der Waals surface area contributed by atoms with Crippen LogP contribution in [0.4, 0.5) is 0 Å². The van der Waals surface area contributed by atoms with Gasteiger partial charge in [-0.05, 0) is 43.0 Å². The van der Waals surface area contributed by atoms with Crippen LogP contribution in [0.5, 0.6) is 0 Å². The highest BCUT2D eigenvalue weighted by molar-refractivity contribution is 5.91. The fraction of sp³-hybridized carbons (Fsp3) is 0.385. The highest BCUT2D eigenvalue weighted by atomic mass is 16.5. The van der Waals surface area contributed by atoms with Crippen molar-refractivity contribution in [3.63, 3.8) is 0 Å². The predicted molar refractivity (Wildman–Crippen MR) is 61.6 cm³/mol. The van der Waals surface area contributed by atoms with Gasteiger partial charge in [-0.25, -0.2) is 4.79 Å². The van der Waals surface area contributed by atoms with E-state index in [2.05, 4.69) is 0 Å². The molecule has 0 aliphatic carbocycles. The molecule has 16 heavy (non-hydrogen) atoms. The Bertz CT molecular complexity index is 408. The van der Waals surface area contributed by atoms with Crippen LogP contribution in [0, 0.1) is 13.8 Å². The van der Waals surface area contributed by atoms with E-state index in [1.54, 1.807) is 6.07 Å². The Kier molecular flexibility index (Phi) is 4.23. The van der Waals surface area contributed by atoms with E-state index in [1.807, 2.05) is 19.9 Å². The molecule has 86 valence electrons. The minimum atomic E-state index is -0.325. The van der Waals surface area contributed by atoms with E-state index in [-0.39, 0.29) is 5.97 Å². The molecular weight excluding hydrogens is 204 g/mol. The van der Waals surface area contributed by atoms with Crippen LogP contribution >= 0.6 is 0 Å². The largest absolute Gasteiger partial charge is 0.465 e. The molecule has 0 saturated heterocycles. The van der Waals surface area contributed by atoms with Crippen molar-refractivity contribution in [2.24, 2.45) is 0 Å². The van der Waals surface area contributed by atoms with Gasteiger partial charge >= 0.3 is 5.97 Å². The van der Waals surface area contributed by atoms with E-state index in [0.717, 1.165) is 23.0 Å². The monoisotopic (exact) mass is 220 g/mol. The second-order valence-corrected chi connectivity index (χ2v) is 3.78. The number of aryl methyl sites for hydroxylation is 2. The first-order chi connectivity index (χ1) is 7.60. The Morgan fingerprint density at radius 2 is 2.06 bits per heavy atom. The predicted octanol–water partition coefficient (Wildman–Crippen LogP) is 2.22. The number of carbonyl (C=O) groups excluding carboxylic acids is 2. The molecule has 0 atom stereocenters. The summed E-state index contributed by atoms with van der Waals surface area (Å²) < 4.78 is 4.72. The van der Waals surface area contributed by atoms with Gasteiger partial charge in [0.2, 0.25) is 0 Å². The molecule has 0 spiro atoms. The Hall–Kier alpha value is -1.64. The van der Waals surface area contributed by atoms with Crippen LogP contribution in [0.3, 0.4) is 0 Å². The van der Waals surface area contributed by atoms with Crippen LogP contribution in [0.1, 0.15) is 33.5 Å². The van der Waals surface area contributed by atoms with Crippen molar-refractivity contribution in [2.75, 3.05) is 7.11 Å². The quantitative estimate of drug-likeness (QED) is 0.577. The smallest absolute Gasteiger partial charge is 0.338 e. The topological polar surface area (TPSA) is 43.4 Å². The van der Waals surface area contributed by atoms with Gasteiger partial charge in [0.25, 0.3) is 0 Å². The maximum atomic E-state index is 11.5. The molecule has 0 saturated carbocycles. The van der Waals surface area contributed by atoms with Crippen molar-refractivity contribution in [1.82, 2.24) is 0 Å². The minimum absolute atomic E-state index is 0.325. The molecule has 3 nitrogen and oxygen atoms in total. The maximum Gasteiger partial charge on any atom is 0.338 e. The molecule has 1 aromatic rings. The standard InChI is InChI=1S/C13H16O3/c1-9-7-11(5-4-6-14)8-12(10(9)2)13(15)16-3/h6-8H,4-5H2,1-3H3. The van der Waals surface area contributed by atoms with Gasteiger partial charge in [-0.15, -0.1) is 0 Å². The lowest BCUT2D eigenvalue weighted by molar-refractivity contribution is -0.107. The third kappa shape index (κ3) is 2.69. The first-order valence-electron chi connectivity index (χ1n) is 5.22. The molecule has 1 rings (SSSR count). The molecular formula is C13H16O3. The summed E-state index contributed by atoms with van der Waals surface area (Å²) in [4.78, 5) is 21.8. The minimum Gasteiger partial charge on any atom is -0.465 e. The highest BCUT2D eigenvalue weighted by Crippen LogP contribution is 2.18. The van der Waals surface area contributed by atoms with E-state index < -0.39 is 0 Å². The van der Waals surface area contributed by atoms with Gasteiger partial charge in [0.05, 0.1) is 12.7 Å². The summed E-state index contributed by atoms with van der Waals surface area (Å²) in [5, 5.41) is 0. The second kappa shape index (κ2) is 5.45. The zero-order chi connectivity index (χ0) is 12.1. The number of methoxy groups -OCH3 is 1. The summed E-state index contributed by atoms with van der Waals surface area (Å²) in [6.45, 7) is 3.84. The van der Waals surface area contributed by atoms with E-state index in [4.69, 9.17) is 4.74 Å². The van der Waals surface area contributed by atoms with Gasteiger partial charge in [-0.3, -0.25) is 0 Å². The van der Waals surface area contributed by atoms with Gasteiger partial charge in [0.1, 0.15) is 6.29 Å². The zero-order valence-electron chi connectivity index (χ0n) is 9.87. The molecule has 0 radical (unpaired) electrons. The normalized spacial score (nSPS) is 9.94. The molecule has 3 heteroatoms. The van der Waals surface area contributed by atoms with Crippen molar-refractivity contribution in [1.29, 1.82) is 0 Å². The number of ether oxygens (including phenoxy) is 1. The Morgan fingerprint density at radius 1 is 1.38 bits per heavy atom. The lowest BCUT2D eigenvalue weighted by Crippen LogP contribution is -2.06. The summed E-state index contributed by atoms with van der Waals surface area (Å²) in [6.07, 6.45) is 2.02. The average molecular weight is 220 g/mol. The highest BCUT2D eigenvalue weighted by Gasteiger charge is 2.12. The zero-order valence-corrected chi connectivity index (χ0v) is 9.87. The SMILES string of the molecule is COC(=O)c1cc(CCC=O)cc(C)c1C. The number of rotatable bonds is 4. The molecule has 0 bridgehead atoms. The summed E-state index contributed by atoms with van der Waals surface area (Å²) in [5.74, 6) is -0.325. The van der Waals surface area contributed by atoms with Crippen molar-refractivity contribution in [3.8, 4) is 0 Å². The van der Waals surface area contributed by atoms with Crippen LogP contribution in [-0.2, 0) is 16.0 Å². The van der Waals surface area contributed by atoms with Gasteiger partial charge in [0, 0.05) is 6.42 Å². The number of hydrogen-bond donors (Lipinski definition) is 0. The molecule has 0 amide bonds. The molecule has 1 aromatic carbocycles. The van der Waals surface area contributed by atoms with E-state index in [9.17, 15) is 9.59 Å². The third-order valence-corrected chi connectivity index (χ3v) is 2.68. The second-order valence-electron chi connectivity index (χ2n) is 3.78. The summed E-state index contributed by atoms with van der Waals surface area (Å²) >= 11 is 0. The molecule has 0 unspecified atom stereocenters. The third-order valence-electron chi connectivity index (χ3n) is 2.68. The van der Waals surface area contributed by atoms with Gasteiger partial charge in [0.15, 0.2) is 0 Å². The maximum absolute atomic E-state index is 11.5. The van der Waals surface area contributed by atoms with Crippen LogP contribution in [0.25, 0.3) is 0 Å². The Balaban J connectivity index is 3.11. The number of carbonyl (C=O) groups is 2. The van der Waals surface area contributed by atoms with Crippen molar-refractivity contribution >= 4 is 12.3 Å². The lowest BCUT2D eigenvalue weighted by Gasteiger charge is -2.09. The molecule has 0 aliphatic rings. The molecule has 0 N–H and O–H groups in total. The number of hydrogen-bond acceptors (Lipinski definition) is 3. The Morgan fingerprint density at radius 3 is 2.62 bits per heavy atom. The summed E-state index contributed by atoms with van der Waals surface area (Å²) in [7, 11) is 1.37. The van der Waals surface area contributed by atoms with E-state index in [0.29, 0.717) is 18.4 Å². The first-order valence-corrected chi connectivity index (χ1v) is 5.22. The van der Waals surface area contributed by atoms with Gasteiger partial charge < -0.3 is 9.53 Å². The molecule has 0 aromatic heterocycles. The van der Waals surface area contributed by atoms with Crippen molar-refractivity contribution < 1.29 is 14.3 Å². The number of benzene rings is 1. The lowest BCUT2D eigenvalue weighted by atomic mass is 9.97. The average Bonchev–Trinajstić information content (AvgIpc) is 2.29. The fourth-order valence-corrected chi connectivity index (χ4v) is 1.63. The fourth-order valence-electron chi connectivity index (χ4n) is 1.63. The van der Waals surface area contributed by atoms with Gasteiger partial charge in [-0.2, -0.15) is 0 Å². The first kappa shape index (κ1) is 12.4. The van der Waals surface area contributed by atoms with Crippen LogP contribution < -0.4 is 0 Å².